The maximum atomic E-state index is 12.5. The second-order valence-corrected chi connectivity index (χ2v) is 11.3. The number of ether oxygens (including phenoxy) is 1. The maximum Gasteiger partial charge on any atom is 0.300 e. The van der Waals surface area contributed by atoms with Gasteiger partial charge in [0.15, 0.2) is 0 Å². The third-order valence-electron chi connectivity index (χ3n) is 6.57. The van der Waals surface area contributed by atoms with Crippen LogP contribution in [0, 0.1) is 0 Å². The van der Waals surface area contributed by atoms with E-state index in [-0.39, 0.29) is 12.5 Å². The van der Waals surface area contributed by atoms with Crippen LogP contribution in [0.5, 0.6) is 5.75 Å². The minimum atomic E-state index is -3.84. The van der Waals surface area contributed by atoms with Gasteiger partial charge in [0.2, 0.25) is 5.91 Å². The minimum Gasteiger partial charge on any atom is -0.497 e. The molecule has 1 aromatic rings. The normalized spacial score (nSPS) is 20.3. The van der Waals surface area contributed by atoms with Crippen LogP contribution in [0.15, 0.2) is 18.2 Å². The highest BCUT2D eigenvalue weighted by Crippen LogP contribution is 2.28. The molecule has 7 nitrogen and oxygen atoms in total. The number of methoxy groups -OCH3 is 1. The molecule has 1 atom stereocenters. The number of carbonyl (C=O) groups excluding carboxylic acids is 1. The minimum absolute atomic E-state index is 0.154. The number of fused-ring (bicyclic) bond motifs is 1. The lowest BCUT2D eigenvalue weighted by Crippen LogP contribution is -2.41. The van der Waals surface area contributed by atoms with Gasteiger partial charge in [-0.05, 0) is 81.3 Å². The predicted octanol–water partition coefficient (Wildman–Crippen LogP) is 3.06. The number of aryl methyl sites for hydroxylation is 1. The zero-order valence-corrected chi connectivity index (χ0v) is 20.8. The Kier molecular flexibility index (Phi) is 9.22. The first-order chi connectivity index (χ1) is 15.3. The van der Waals surface area contributed by atoms with Gasteiger partial charge < -0.3 is 14.5 Å². The van der Waals surface area contributed by atoms with Gasteiger partial charge in [0.25, 0.3) is 9.24 Å². The molecule has 1 unspecified atom stereocenters. The molecule has 1 saturated heterocycles. The van der Waals surface area contributed by atoms with Crippen molar-refractivity contribution in [3.63, 3.8) is 0 Å². The summed E-state index contributed by atoms with van der Waals surface area (Å²) in [5.41, 5.74) is 2.84. The number of rotatable bonds is 10. The van der Waals surface area contributed by atoms with Crippen LogP contribution in [-0.4, -0.2) is 80.9 Å². The van der Waals surface area contributed by atoms with Crippen LogP contribution in [0.4, 0.5) is 0 Å². The zero-order valence-electron chi connectivity index (χ0n) is 19.3. The van der Waals surface area contributed by atoms with Crippen molar-refractivity contribution in [2.75, 3.05) is 46.4 Å². The molecule has 0 bridgehead atoms. The topological polar surface area (TPSA) is 70.2 Å². The molecule has 0 N–H and O–H groups in total. The standard InChI is InChI=1S/C23H36ClN3O4S/c1-3-11-25(21-9-7-19-8-10-22(31-2)17-20(19)16-21)12-4-5-13-26-14-6-15-27(18-23(26)28)32(24,29)30/h8,10,17,21H,3-7,9,11-16,18H2,1-2H3. The monoisotopic (exact) mass is 485 g/mol. The van der Waals surface area contributed by atoms with E-state index < -0.39 is 9.24 Å². The number of amides is 1. The summed E-state index contributed by atoms with van der Waals surface area (Å²) in [6, 6.07) is 6.97. The van der Waals surface area contributed by atoms with E-state index in [4.69, 9.17) is 15.4 Å². The molecule has 32 heavy (non-hydrogen) atoms. The highest BCUT2D eigenvalue weighted by atomic mass is 35.7. The molecule has 1 aromatic carbocycles. The molecule has 0 radical (unpaired) electrons. The molecule has 0 spiro atoms. The number of benzene rings is 1. The Balaban J connectivity index is 1.49. The van der Waals surface area contributed by atoms with Gasteiger partial charge in [-0.1, -0.05) is 13.0 Å². The van der Waals surface area contributed by atoms with Gasteiger partial charge in [-0.2, -0.15) is 12.7 Å². The van der Waals surface area contributed by atoms with E-state index in [1.54, 1.807) is 12.0 Å². The van der Waals surface area contributed by atoms with Crippen molar-refractivity contribution in [1.29, 1.82) is 0 Å². The quantitative estimate of drug-likeness (QED) is 0.376. The second kappa shape index (κ2) is 11.7. The molecule has 0 saturated carbocycles. The van der Waals surface area contributed by atoms with Gasteiger partial charge in [0, 0.05) is 36.4 Å². The summed E-state index contributed by atoms with van der Waals surface area (Å²) in [4.78, 5) is 16.9. The lowest BCUT2D eigenvalue weighted by Gasteiger charge is -2.35. The number of hydrogen-bond donors (Lipinski definition) is 0. The van der Waals surface area contributed by atoms with E-state index in [1.165, 1.54) is 17.5 Å². The van der Waals surface area contributed by atoms with E-state index >= 15 is 0 Å². The van der Waals surface area contributed by atoms with Crippen molar-refractivity contribution in [2.24, 2.45) is 0 Å². The summed E-state index contributed by atoms with van der Waals surface area (Å²) in [6.45, 7) is 5.71. The molecule has 1 heterocycles. The molecule has 2 aliphatic rings. The molecule has 1 amide bonds. The van der Waals surface area contributed by atoms with Crippen LogP contribution in [-0.2, 0) is 26.9 Å². The fourth-order valence-electron chi connectivity index (χ4n) is 4.85. The molecular weight excluding hydrogens is 450 g/mol. The average molecular weight is 486 g/mol. The lowest BCUT2D eigenvalue weighted by atomic mass is 9.87. The Morgan fingerprint density at radius 2 is 2.00 bits per heavy atom. The van der Waals surface area contributed by atoms with Gasteiger partial charge in [0.1, 0.15) is 5.75 Å². The highest BCUT2D eigenvalue weighted by Gasteiger charge is 2.28. The molecule has 1 aliphatic carbocycles. The number of carbonyl (C=O) groups is 1. The Morgan fingerprint density at radius 1 is 1.19 bits per heavy atom. The van der Waals surface area contributed by atoms with Gasteiger partial charge in [-0.15, -0.1) is 0 Å². The van der Waals surface area contributed by atoms with Crippen molar-refractivity contribution < 1.29 is 17.9 Å². The Bertz CT molecular complexity index is 880. The Morgan fingerprint density at radius 3 is 2.72 bits per heavy atom. The summed E-state index contributed by atoms with van der Waals surface area (Å²) >= 11 is 0. The molecular formula is C23H36ClN3O4S. The number of hydrogen-bond acceptors (Lipinski definition) is 5. The first-order valence-corrected chi connectivity index (χ1v) is 14.0. The van der Waals surface area contributed by atoms with Crippen LogP contribution < -0.4 is 4.74 Å². The van der Waals surface area contributed by atoms with Crippen molar-refractivity contribution in [3.8, 4) is 5.75 Å². The largest absolute Gasteiger partial charge is 0.497 e. The van der Waals surface area contributed by atoms with E-state index in [0.717, 1.165) is 55.2 Å². The van der Waals surface area contributed by atoms with Crippen LogP contribution in [0.1, 0.15) is 50.2 Å². The number of halogens is 1. The predicted molar refractivity (Wildman–Crippen MR) is 127 cm³/mol. The van der Waals surface area contributed by atoms with Gasteiger partial charge in [0.05, 0.1) is 13.7 Å². The summed E-state index contributed by atoms with van der Waals surface area (Å²) in [6.07, 6.45) is 7.00. The van der Waals surface area contributed by atoms with Crippen LogP contribution in [0.25, 0.3) is 0 Å². The second-order valence-electron chi connectivity index (χ2n) is 8.78. The number of unbranched alkanes of at least 4 members (excludes halogenated alkanes) is 1. The molecule has 1 fully saturated rings. The smallest absolute Gasteiger partial charge is 0.300 e. The van der Waals surface area contributed by atoms with Crippen molar-refractivity contribution in [3.05, 3.63) is 29.3 Å². The fourth-order valence-corrected chi connectivity index (χ4v) is 5.82. The van der Waals surface area contributed by atoms with Crippen molar-refractivity contribution in [2.45, 2.75) is 57.9 Å². The van der Waals surface area contributed by atoms with Gasteiger partial charge >= 0.3 is 0 Å². The van der Waals surface area contributed by atoms with E-state index in [9.17, 15) is 13.2 Å². The molecule has 0 aromatic heterocycles. The summed E-state index contributed by atoms with van der Waals surface area (Å²) in [5, 5.41) is 0. The maximum absolute atomic E-state index is 12.5. The van der Waals surface area contributed by atoms with Crippen molar-refractivity contribution in [1.82, 2.24) is 14.1 Å². The average Bonchev–Trinajstić information content (AvgIpc) is 2.96. The van der Waals surface area contributed by atoms with Crippen molar-refractivity contribution >= 4 is 25.8 Å². The van der Waals surface area contributed by atoms with Gasteiger partial charge in [-0.25, -0.2) is 0 Å². The van der Waals surface area contributed by atoms with E-state index in [0.29, 0.717) is 32.1 Å². The molecule has 9 heteroatoms. The summed E-state index contributed by atoms with van der Waals surface area (Å²) < 4.78 is 29.6. The third-order valence-corrected chi connectivity index (χ3v) is 8.09. The van der Waals surface area contributed by atoms with E-state index in [2.05, 4.69) is 30.0 Å². The van der Waals surface area contributed by atoms with Crippen LogP contribution in [0.3, 0.4) is 0 Å². The van der Waals surface area contributed by atoms with E-state index in [1.807, 2.05) is 0 Å². The number of nitrogens with zero attached hydrogens (tertiary/aromatic N) is 3. The highest BCUT2D eigenvalue weighted by molar-refractivity contribution is 8.11. The Hall–Kier alpha value is -1.35. The molecule has 3 rings (SSSR count). The van der Waals surface area contributed by atoms with Crippen LogP contribution in [0.2, 0.25) is 0 Å². The molecule has 1 aliphatic heterocycles. The first-order valence-electron chi connectivity index (χ1n) is 11.7. The van der Waals surface area contributed by atoms with Crippen LogP contribution >= 0.6 is 10.7 Å². The summed E-state index contributed by atoms with van der Waals surface area (Å²) in [5.74, 6) is 0.768. The lowest BCUT2D eigenvalue weighted by molar-refractivity contribution is -0.130. The van der Waals surface area contributed by atoms with Gasteiger partial charge in [-0.3, -0.25) is 4.79 Å². The first kappa shape index (κ1) is 25.3. The zero-order chi connectivity index (χ0) is 23.1. The molecule has 180 valence electrons. The third kappa shape index (κ3) is 6.83. The Labute approximate surface area is 197 Å². The SMILES string of the molecule is CCCN(CCCCN1CCCN(S(=O)(=O)Cl)CC1=O)C1CCc2ccc(OC)cc2C1. The summed E-state index contributed by atoms with van der Waals surface area (Å²) in [7, 11) is 3.30. The fraction of sp³-hybridized carbons (Fsp3) is 0.696.